The Bertz CT molecular complexity index is 934. The van der Waals surface area contributed by atoms with Gasteiger partial charge in [-0.15, -0.1) is 0 Å². The molecule has 0 saturated heterocycles. The Balaban J connectivity index is 2.02. The average Bonchev–Trinajstić information content (AvgIpc) is 2.51. The summed E-state index contributed by atoms with van der Waals surface area (Å²) < 4.78 is 0. The largest absolute Gasteiger partial charge is 0.342 e. The second-order valence-corrected chi connectivity index (χ2v) is 4.80. The zero-order chi connectivity index (χ0) is 17.7. The van der Waals surface area contributed by atoms with Crippen molar-refractivity contribution in [3.8, 4) is 0 Å². The van der Waals surface area contributed by atoms with Gasteiger partial charge in [-0.25, -0.2) is 15.3 Å². The van der Waals surface area contributed by atoms with Gasteiger partial charge in [0.15, 0.2) is 0 Å². The van der Waals surface area contributed by atoms with Crippen molar-refractivity contribution in [1.29, 1.82) is 0 Å². The van der Waals surface area contributed by atoms with Crippen molar-refractivity contribution >= 4 is 29.4 Å². The Morgan fingerprint density at radius 2 is 2.21 bits per heavy atom. The molecule has 0 atom stereocenters. The third-order valence-corrected chi connectivity index (χ3v) is 3.00. The quantitative estimate of drug-likeness (QED) is 0.380. The van der Waals surface area contributed by atoms with Crippen LogP contribution in [0, 0.1) is 10.1 Å². The van der Waals surface area contributed by atoms with Crippen molar-refractivity contribution in [3.63, 3.8) is 0 Å². The van der Waals surface area contributed by atoms with Crippen LogP contribution in [-0.2, 0) is 11.2 Å². The summed E-state index contributed by atoms with van der Waals surface area (Å²) in [6.45, 7) is 0. The smallest absolute Gasteiger partial charge is 0.273 e. The highest BCUT2D eigenvalue weighted by atomic mass is 35.5. The molecule has 1 amide bonds. The molecular weight excluding hydrogens is 344 g/mol. The highest BCUT2D eigenvalue weighted by Gasteiger charge is 2.12. The number of hydrogen-bond donors (Lipinski definition) is 3. The zero-order valence-corrected chi connectivity index (χ0v) is 12.5. The maximum atomic E-state index is 11.6. The first kappa shape index (κ1) is 17.0. The fourth-order valence-corrected chi connectivity index (χ4v) is 1.80. The lowest BCUT2D eigenvalue weighted by molar-refractivity contribution is -0.384. The number of hydrogen-bond acceptors (Lipinski definition) is 7. The molecule has 1 aromatic heterocycles. The van der Waals surface area contributed by atoms with E-state index < -0.39 is 28.5 Å². The summed E-state index contributed by atoms with van der Waals surface area (Å²) >= 11 is 5.67. The van der Waals surface area contributed by atoms with E-state index in [-0.39, 0.29) is 16.4 Å². The molecule has 0 bridgehead atoms. The summed E-state index contributed by atoms with van der Waals surface area (Å²) in [4.78, 5) is 45.8. The van der Waals surface area contributed by atoms with Gasteiger partial charge in [0.2, 0.25) is 5.91 Å². The van der Waals surface area contributed by atoms with E-state index in [1.165, 1.54) is 24.4 Å². The number of hydrazone groups is 1. The van der Waals surface area contributed by atoms with Gasteiger partial charge in [0.05, 0.1) is 17.6 Å². The molecule has 2 rings (SSSR count). The lowest BCUT2D eigenvalue weighted by Crippen LogP contribution is -2.31. The van der Waals surface area contributed by atoms with Gasteiger partial charge in [-0.2, -0.15) is 10.2 Å². The molecule has 1 heterocycles. The summed E-state index contributed by atoms with van der Waals surface area (Å²) in [5.41, 5.74) is 0.410. The summed E-state index contributed by atoms with van der Waals surface area (Å²) in [7, 11) is 0. The van der Waals surface area contributed by atoms with Gasteiger partial charge in [0, 0.05) is 11.6 Å². The SMILES string of the molecule is O=C(Cc1n[nH]c(=O)[nH]c1=O)N/N=C\c1ccc(Cl)c([N+](=O)[O-])c1. The minimum Gasteiger partial charge on any atom is -0.273 e. The molecule has 3 N–H and O–H groups in total. The number of nitro groups is 1. The number of nitro benzene ring substituents is 1. The number of aromatic amines is 2. The number of amides is 1. The van der Waals surface area contributed by atoms with Gasteiger partial charge < -0.3 is 0 Å². The van der Waals surface area contributed by atoms with Crippen LogP contribution in [0.1, 0.15) is 11.3 Å². The Morgan fingerprint density at radius 3 is 2.88 bits per heavy atom. The van der Waals surface area contributed by atoms with Crippen LogP contribution in [0.15, 0.2) is 32.9 Å². The van der Waals surface area contributed by atoms with Crippen molar-refractivity contribution < 1.29 is 9.72 Å². The lowest BCUT2D eigenvalue weighted by atomic mass is 10.2. The van der Waals surface area contributed by atoms with Gasteiger partial charge in [0.25, 0.3) is 11.2 Å². The minimum atomic E-state index is -0.786. The summed E-state index contributed by atoms with van der Waals surface area (Å²) in [6, 6.07) is 3.98. The molecule has 2 aromatic rings. The van der Waals surface area contributed by atoms with E-state index in [2.05, 4.69) is 15.6 Å². The van der Waals surface area contributed by atoms with E-state index in [9.17, 15) is 24.5 Å². The minimum absolute atomic E-state index is 0.0236. The van der Waals surface area contributed by atoms with Crippen molar-refractivity contribution in [2.75, 3.05) is 0 Å². The van der Waals surface area contributed by atoms with E-state index in [0.717, 1.165) is 0 Å². The summed E-state index contributed by atoms with van der Waals surface area (Å²) in [5, 5.41) is 19.8. The second kappa shape index (κ2) is 7.28. The summed E-state index contributed by atoms with van der Waals surface area (Å²) in [6.07, 6.45) is 0.760. The normalized spacial score (nSPS) is 10.7. The fraction of sp³-hybridized carbons (Fsp3) is 0.0833. The molecule has 0 unspecified atom stereocenters. The fourth-order valence-electron chi connectivity index (χ4n) is 1.61. The zero-order valence-electron chi connectivity index (χ0n) is 11.8. The lowest BCUT2D eigenvalue weighted by Gasteiger charge is -1.99. The predicted octanol–water partition coefficient (Wildman–Crippen LogP) is -0.287. The molecule has 0 spiro atoms. The topological polar surface area (TPSA) is 163 Å². The van der Waals surface area contributed by atoms with Crippen LogP contribution in [0.3, 0.4) is 0 Å². The van der Waals surface area contributed by atoms with Gasteiger partial charge >= 0.3 is 5.69 Å². The van der Waals surface area contributed by atoms with E-state index in [1.54, 1.807) is 0 Å². The number of carbonyl (C=O) groups is 1. The number of nitrogens with one attached hydrogen (secondary N) is 3. The monoisotopic (exact) mass is 352 g/mol. The molecule has 0 aliphatic carbocycles. The van der Waals surface area contributed by atoms with Crippen LogP contribution >= 0.6 is 11.6 Å². The third kappa shape index (κ3) is 4.33. The first-order valence-corrected chi connectivity index (χ1v) is 6.68. The third-order valence-electron chi connectivity index (χ3n) is 2.68. The maximum Gasteiger partial charge on any atom is 0.342 e. The van der Waals surface area contributed by atoms with Crippen LogP contribution in [0.4, 0.5) is 5.69 Å². The standard InChI is InChI=1S/C12H9ClN6O5/c13-7-2-1-6(3-9(7)19(23)24)5-14-17-10(20)4-8-11(21)15-12(22)18-16-8/h1-3,5H,4H2,(H,17,20)(H2,15,18,21,22)/b14-5-. The molecule has 24 heavy (non-hydrogen) atoms. The molecule has 124 valence electrons. The molecular formula is C12H9ClN6O5. The van der Waals surface area contributed by atoms with Gasteiger partial charge in [-0.1, -0.05) is 17.7 Å². The van der Waals surface area contributed by atoms with E-state index in [0.29, 0.717) is 5.56 Å². The molecule has 0 fully saturated rings. The predicted molar refractivity (Wildman–Crippen MR) is 83.0 cm³/mol. The van der Waals surface area contributed by atoms with Crippen molar-refractivity contribution in [2.45, 2.75) is 6.42 Å². The molecule has 12 heteroatoms. The number of H-pyrrole nitrogens is 2. The Morgan fingerprint density at radius 1 is 1.46 bits per heavy atom. The van der Waals surface area contributed by atoms with Crippen molar-refractivity contribution in [3.05, 3.63) is 65.4 Å². The molecule has 0 aliphatic heterocycles. The Hall–Kier alpha value is -3.34. The highest BCUT2D eigenvalue weighted by molar-refractivity contribution is 6.32. The van der Waals surface area contributed by atoms with Gasteiger partial charge in [-0.05, 0) is 6.07 Å². The Labute approximate surface area is 137 Å². The molecule has 0 radical (unpaired) electrons. The number of aromatic nitrogens is 3. The van der Waals surface area contributed by atoms with E-state index >= 15 is 0 Å². The van der Waals surface area contributed by atoms with Crippen molar-refractivity contribution in [1.82, 2.24) is 20.6 Å². The van der Waals surface area contributed by atoms with Crippen LogP contribution in [-0.4, -0.2) is 32.2 Å². The number of benzene rings is 1. The maximum absolute atomic E-state index is 11.6. The van der Waals surface area contributed by atoms with Crippen LogP contribution in [0.5, 0.6) is 0 Å². The highest BCUT2D eigenvalue weighted by Crippen LogP contribution is 2.24. The first-order valence-electron chi connectivity index (χ1n) is 6.30. The number of nitrogens with zero attached hydrogens (tertiary/aromatic N) is 3. The molecule has 0 aliphatic rings. The molecule has 0 saturated carbocycles. The second-order valence-electron chi connectivity index (χ2n) is 4.39. The molecule has 11 nitrogen and oxygen atoms in total. The number of rotatable bonds is 5. The number of halogens is 1. The van der Waals surface area contributed by atoms with Crippen molar-refractivity contribution in [2.24, 2.45) is 5.10 Å². The summed E-state index contributed by atoms with van der Waals surface area (Å²) in [5.74, 6) is -0.667. The van der Waals surface area contributed by atoms with Crippen LogP contribution in [0.2, 0.25) is 5.02 Å². The molecule has 1 aromatic carbocycles. The van der Waals surface area contributed by atoms with Crippen LogP contribution < -0.4 is 16.7 Å². The van der Waals surface area contributed by atoms with Crippen LogP contribution in [0.25, 0.3) is 0 Å². The van der Waals surface area contributed by atoms with Gasteiger partial charge in [-0.3, -0.25) is 24.7 Å². The first-order chi connectivity index (χ1) is 11.4. The van der Waals surface area contributed by atoms with Gasteiger partial charge in [0.1, 0.15) is 10.7 Å². The number of carbonyl (C=O) groups excluding carboxylic acids is 1. The van der Waals surface area contributed by atoms with E-state index in [1.807, 2.05) is 10.1 Å². The Kier molecular flexibility index (Phi) is 5.16. The van der Waals surface area contributed by atoms with E-state index in [4.69, 9.17) is 11.6 Å². The average molecular weight is 353 g/mol.